The molecule has 0 aliphatic carbocycles. The molecule has 0 bridgehead atoms. The first kappa shape index (κ1) is 16.4. The standard InChI is InChI=1S/C15H21N3O4/c1-21-10-11-22-12-14(19)17-6-8-18(9-7-17)15(20)13-2-4-16-5-3-13/h2-5H,6-12H2,1H3. The third kappa shape index (κ3) is 4.51. The first-order valence-corrected chi connectivity index (χ1v) is 7.26. The Kier molecular flexibility index (Phi) is 6.29. The summed E-state index contributed by atoms with van der Waals surface area (Å²) in [5.74, 6) is -0.0713. The third-order valence-corrected chi connectivity index (χ3v) is 3.50. The van der Waals surface area contributed by atoms with Crippen LogP contribution in [0.15, 0.2) is 24.5 Å². The largest absolute Gasteiger partial charge is 0.382 e. The summed E-state index contributed by atoms with van der Waals surface area (Å²) in [5.41, 5.74) is 0.623. The topological polar surface area (TPSA) is 72.0 Å². The van der Waals surface area contributed by atoms with Crippen molar-refractivity contribution in [1.82, 2.24) is 14.8 Å². The second-order valence-electron chi connectivity index (χ2n) is 4.95. The van der Waals surface area contributed by atoms with Gasteiger partial charge in [0, 0.05) is 51.2 Å². The summed E-state index contributed by atoms with van der Waals surface area (Å²) in [6.45, 7) is 3.06. The summed E-state index contributed by atoms with van der Waals surface area (Å²) in [7, 11) is 1.59. The quantitative estimate of drug-likeness (QED) is 0.693. The van der Waals surface area contributed by atoms with E-state index in [9.17, 15) is 9.59 Å². The van der Waals surface area contributed by atoms with Crippen LogP contribution in [-0.4, -0.2) is 79.7 Å². The molecule has 2 rings (SSSR count). The van der Waals surface area contributed by atoms with Gasteiger partial charge < -0.3 is 19.3 Å². The molecule has 0 unspecified atom stereocenters. The van der Waals surface area contributed by atoms with Gasteiger partial charge in [0.15, 0.2) is 0 Å². The predicted octanol–water partition coefficient (Wildman–Crippen LogP) is 0.0290. The lowest BCUT2D eigenvalue weighted by atomic mass is 10.2. The van der Waals surface area contributed by atoms with Gasteiger partial charge >= 0.3 is 0 Å². The average Bonchev–Trinajstić information content (AvgIpc) is 2.59. The number of pyridine rings is 1. The summed E-state index contributed by atoms with van der Waals surface area (Å²) in [6, 6.07) is 3.40. The van der Waals surface area contributed by atoms with Gasteiger partial charge in [0.25, 0.3) is 5.91 Å². The highest BCUT2D eigenvalue weighted by atomic mass is 16.5. The Balaban J connectivity index is 1.75. The highest BCUT2D eigenvalue weighted by Gasteiger charge is 2.24. The van der Waals surface area contributed by atoms with E-state index in [0.717, 1.165) is 0 Å². The maximum Gasteiger partial charge on any atom is 0.254 e. The lowest BCUT2D eigenvalue weighted by molar-refractivity contribution is -0.138. The molecule has 1 aliphatic heterocycles. The number of methoxy groups -OCH3 is 1. The van der Waals surface area contributed by atoms with Crippen LogP contribution in [0.2, 0.25) is 0 Å². The summed E-state index contributed by atoms with van der Waals surface area (Å²) in [6.07, 6.45) is 3.20. The number of rotatable bonds is 6. The molecule has 1 saturated heterocycles. The minimum atomic E-state index is -0.0490. The van der Waals surface area contributed by atoms with Crippen molar-refractivity contribution in [2.45, 2.75) is 0 Å². The van der Waals surface area contributed by atoms with Crippen molar-refractivity contribution in [2.24, 2.45) is 0 Å². The fraction of sp³-hybridized carbons (Fsp3) is 0.533. The minimum Gasteiger partial charge on any atom is -0.382 e. The molecule has 0 saturated carbocycles. The number of piperazine rings is 1. The number of carbonyl (C=O) groups excluding carboxylic acids is 2. The number of ether oxygens (including phenoxy) is 2. The molecule has 120 valence electrons. The summed E-state index contributed by atoms with van der Waals surface area (Å²) in [5, 5.41) is 0. The molecule has 0 aromatic carbocycles. The zero-order chi connectivity index (χ0) is 15.8. The maximum absolute atomic E-state index is 12.3. The number of amides is 2. The van der Waals surface area contributed by atoms with Crippen LogP contribution in [0, 0.1) is 0 Å². The first-order valence-electron chi connectivity index (χ1n) is 7.26. The van der Waals surface area contributed by atoms with E-state index in [-0.39, 0.29) is 18.4 Å². The van der Waals surface area contributed by atoms with Crippen molar-refractivity contribution >= 4 is 11.8 Å². The second kappa shape index (κ2) is 8.45. The molecule has 2 heterocycles. The Bertz CT molecular complexity index is 487. The zero-order valence-corrected chi connectivity index (χ0v) is 12.7. The Hall–Kier alpha value is -1.99. The molecule has 2 amide bonds. The number of hydrogen-bond acceptors (Lipinski definition) is 5. The SMILES string of the molecule is COCCOCC(=O)N1CCN(C(=O)c2ccncc2)CC1. The highest BCUT2D eigenvalue weighted by molar-refractivity contribution is 5.94. The van der Waals surface area contributed by atoms with Crippen LogP contribution in [0.25, 0.3) is 0 Å². The number of carbonyl (C=O) groups is 2. The summed E-state index contributed by atoms with van der Waals surface area (Å²) < 4.78 is 10.1. The Morgan fingerprint density at radius 2 is 1.73 bits per heavy atom. The van der Waals surface area contributed by atoms with E-state index in [2.05, 4.69) is 4.98 Å². The monoisotopic (exact) mass is 307 g/mol. The highest BCUT2D eigenvalue weighted by Crippen LogP contribution is 2.08. The molecular formula is C15H21N3O4. The van der Waals surface area contributed by atoms with Gasteiger partial charge in [-0.15, -0.1) is 0 Å². The molecule has 1 aliphatic rings. The van der Waals surface area contributed by atoms with Crippen LogP contribution in [0.5, 0.6) is 0 Å². The average molecular weight is 307 g/mol. The lowest BCUT2D eigenvalue weighted by Crippen LogP contribution is -2.51. The Morgan fingerprint density at radius 1 is 1.09 bits per heavy atom. The predicted molar refractivity (Wildman–Crippen MR) is 79.4 cm³/mol. The lowest BCUT2D eigenvalue weighted by Gasteiger charge is -2.34. The van der Waals surface area contributed by atoms with Crippen molar-refractivity contribution in [1.29, 1.82) is 0 Å². The molecule has 0 N–H and O–H groups in total. The molecule has 1 aromatic heterocycles. The van der Waals surface area contributed by atoms with Gasteiger partial charge in [0.2, 0.25) is 5.91 Å². The summed E-state index contributed by atoms with van der Waals surface area (Å²) in [4.78, 5) is 31.6. The van der Waals surface area contributed by atoms with E-state index in [1.807, 2.05) is 0 Å². The van der Waals surface area contributed by atoms with Crippen molar-refractivity contribution in [3.05, 3.63) is 30.1 Å². The van der Waals surface area contributed by atoms with Gasteiger partial charge in [-0.05, 0) is 12.1 Å². The van der Waals surface area contributed by atoms with Crippen LogP contribution in [0.1, 0.15) is 10.4 Å². The zero-order valence-electron chi connectivity index (χ0n) is 12.7. The van der Waals surface area contributed by atoms with E-state index in [1.54, 1.807) is 41.4 Å². The minimum absolute atomic E-state index is 0.0224. The maximum atomic E-state index is 12.3. The van der Waals surface area contributed by atoms with Gasteiger partial charge in [-0.3, -0.25) is 14.6 Å². The van der Waals surface area contributed by atoms with Crippen molar-refractivity contribution in [2.75, 3.05) is 53.1 Å². The van der Waals surface area contributed by atoms with E-state index in [4.69, 9.17) is 9.47 Å². The van der Waals surface area contributed by atoms with Gasteiger partial charge in [-0.1, -0.05) is 0 Å². The Morgan fingerprint density at radius 3 is 2.36 bits per heavy atom. The third-order valence-electron chi connectivity index (χ3n) is 3.50. The molecule has 0 atom stereocenters. The van der Waals surface area contributed by atoms with Crippen LogP contribution in [0.3, 0.4) is 0 Å². The smallest absolute Gasteiger partial charge is 0.254 e. The normalized spacial score (nSPS) is 15.0. The molecule has 7 heteroatoms. The van der Waals surface area contributed by atoms with E-state index in [1.165, 1.54) is 0 Å². The fourth-order valence-electron chi connectivity index (χ4n) is 2.23. The van der Waals surface area contributed by atoms with Crippen molar-refractivity contribution in [3.8, 4) is 0 Å². The molecule has 1 aromatic rings. The molecule has 1 fully saturated rings. The number of nitrogens with zero attached hydrogens (tertiary/aromatic N) is 3. The molecule has 0 radical (unpaired) electrons. The molecule has 22 heavy (non-hydrogen) atoms. The van der Waals surface area contributed by atoms with Gasteiger partial charge in [-0.25, -0.2) is 0 Å². The van der Waals surface area contributed by atoms with Crippen molar-refractivity contribution in [3.63, 3.8) is 0 Å². The number of aromatic nitrogens is 1. The molecule has 7 nitrogen and oxygen atoms in total. The van der Waals surface area contributed by atoms with E-state index >= 15 is 0 Å². The fourth-order valence-corrected chi connectivity index (χ4v) is 2.23. The van der Waals surface area contributed by atoms with Crippen LogP contribution in [-0.2, 0) is 14.3 Å². The van der Waals surface area contributed by atoms with Gasteiger partial charge in [0.1, 0.15) is 6.61 Å². The van der Waals surface area contributed by atoms with Gasteiger partial charge in [0.05, 0.1) is 13.2 Å². The van der Waals surface area contributed by atoms with E-state index in [0.29, 0.717) is 45.0 Å². The number of hydrogen-bond donors (Lipinski definition) is 0. The summed E-state index contributed by atoms with van der Waals surface area (Å²) >= 11 is 0. The van der Waals surface area contributed by atoms with Crippen LogP contribution < -0.4 is 0 Å². The van der Waals surface area contributed by atoms with Crippen LogP contribution >= 0.6 is 0 Å². The molecule has 0 spiro atoms. The Labute approximate surface area is 129 Å². The van der Waals surface area contributed by atoms with Crippen molar-refractivity contribution < 1.29 is 19.1 Å². The van der Waals surface area contributed by atoms with Gasteiger partial charge in [-0.2, -0.15) is 0 Å². The van der Waals surface area contributed by atoms with Crippen LogP contribution in [0.4, 0.5) is 0 Å². The molecular weight excluding hydrogens is 286 g/mol. The second-order valence-corrected chi connectivity index (χ2v) is 4.95. The first-order chi connectivity index (χ1) is 10.7. The van der Waals surface area contributed by atoms with E-state index < -0.39 is 0 Å².